The van der Waals surface area contributed by atoms with Crippen LogP contribution in [0.25, 0.3) is 0 Å². The number of hydrogen-bond acceptors (Lipinski definition) is 2. The number of hydrogen-bond donors (Lipinski definition) is 2. The number of nitrogens with one attached hydrogen (secondary N) is 2. The molecule has 0 fully saturated rings. The van der Waals surface area contributed by atoms with Crippen LogP contribution in [0.15, 0.2) is 34.2 Å². The molecule has 0 aliphatic rings. The number of guanidine groups is 1. The fraction of sp³-hybridized carbons (Fsp3) is 0.533. The highest BCUT2D eigenvalue weighted by molar-refractivity contribution is 14.0. The summed E-state index contributed by atoms with van der Waals surface area (Å²) in [5, 5.41) is 6.56. The van der Waals surface area contributed by atoms with E-state index in [1.165, 1.54) is 12.1 Å². The molecule has 0 saturated carbocycles. The van der Waals surface area contributed by atoms with Crippen LogP contribution in [-0.4, -0.2) is 31.8 Å². The monoisotopic (exact) mass is 425 g/mol. The Morgan fingerprint density at radius 2 is 1.90 bits per heavy atom. The molecule has 120 valence electrons. The van der Waals surface area contributed by atoms with Crippen LogP contribution in [0.2, 0.25) is 0 Å². The number of thioether (sulfide) groups is 1. The Bertz CT molecular complexity index is 410. The molecule has 0 radical (unpaired) electrons. The van der Waals surface area contributed by atoms with Crippen molar-refractivity contribution in [3.8, 4) is 0 Å². The van der Waals surface area contributed by atoms with E-state index in [0.29, 0.717) is 5.92 Å². The van der Waals surface area contributed by atoms with Crippen LogP contribution in [0.3, 0.4) is 0 Å². The van der Waals surface area contributed by atoms with E-state index in [0.717, 1.165) is 36.1 Å². The lowest BCUT2D eigenvalue weighted by Crippen LogP contribution is -2.39. The Balaban J connectivity index is 0.00000400. The first-order chi connectivity index (χ1) is 9.61. The number of nitrogens with zero attached hydrogens (tertiary/aromatic N) is 1. The van der Waals surface area contributed by atoms with E-state index >= 15 is 0 Å². The lowest BCUT2D eigenvalue weighted by atomic mass is 10.2. The molecule has 0 bridgehead atoms. The molecule has 0 heterocycles. The van der Waals surface area contributed by atoms with Gasteiger partial charge in [0.05, 0.1) is 0 Å². The fourth-order valence-corrected chi connectivity index (χ4v) is 2.37. The smallest absolute Gasteiger partial charge is 0.190 e. The van der Waals surface area contributed by atoms with Crippen LogP contribution in [0.5, 0.6) is 0 Å². The van der Waals surface area contributed by atoms with Crippen molar-refractivity contribution < 1.29 is 4.39 Å². The Hall–Kier alpha value is -0.500. The molecule has 3 nitrogen and oxygen atoms in total. The van der Waals surface area contributed by atoms with Crippen LogP contribution in [-0.2, 0) is 0 Å². The minimum Gasteiger partial charge on any atom is -0.356 e. The predicted molar refractivity (Wildman–Crippen MR) is 101 cm³/mol. The highest BCUT2D eigenvalue weighted by Gasteiger charge is 1.99. The first kappa shape index (κ1) is 20.5. The highest BCUT2D eigenvalue weighted by Crippen LogP contribution is 2.18. The second-order valence-electron chi connectivity index (χ2n) is 4.93. The zero-order valence-electron chi connectivity index (χ0n) is 12.9. The van der Waals surface area contributed by atoms with Crippen molar-refractivity contribution in [2.75, 3.05) is 25.9 Å². The predicted octanol–water partition coefficient (Wildman–Crippen LogP) is 3.75. The molecule has 0 aliphatic carbocycles. The van der Waals surface area contributed by atoms with E-state index < -0.39 is 0 Å². The van der Waals surface area contributed by atoms with Gasteiger partial charge in [-0.15, -0.1) is 35.7 Å². The van der Waals surface area contributed by atoms with Crippen molar-refractivity contribution in [1.82, 2.24) is 10.6 Å². The molecule has 0 aliphatic heterocycles. The first-order valence-electron chi connectivity index (χ1n) is 6.94. The normalized spacial score (nSPS) is 11.2. The third kappa shape index (κ3) is 9.95. The Morgan fingerprint density at radius 1 is 1.24 bits per heavy atom. The van der Waals surface area contributed by atoms with Crippen molar-refractivity contribution in [1.29, 1.82) is 0 Å². The summed E-state index contributed by atoms with van der Waals surface area (Å²) < 4.78 is 12.7. The maximum Gasteiger partial charge on any atom is 0.190 e. The summed E-state index contributed by atoms with van der Waals surface area (Å²) in [6, 6.07) is 6.63. The van der Waals surface area contributed by atoms with Gasteiger partial charge < -0.3 is 10.6 Å². The molecule has 0 spiro atoms. The van der Waals surface area contributed by atoms with Gasteiger partial charge >= 0.3 is 0 Å². The van der Waals surface area contributed by atoms with Crippen molar-refractivity contribution in [2.24, 2.45) is 10.9 Å². The van der Waals surface area contributed by atoms with Gasteiger partial charge in [0.1, 0.15) is 5.82 Å². The first-order valence-corrected chi connectivity index (χ1v) is 7.93. The van der Waals surface area contributed by atoms with Crippen molar-refractivity contribution >= 4 is 41.7 Å². The number of aliphatic imine (C=N–C) groups is 1. The van der Waals surface area contributed by atoms with Gasteiger partial charge in [-0.3, -0.25) is 4.99 Å². The molecule has 21 heavy (non-hydrogen) atoms. The average Bonchev–Trinajstić information content (AvgIpc) is 2.43. The minimum atomic E-state index is -0.184. The third-order valence-electron chi connectivity index (χ3n) is 2.60. The largest absolute Gasteiger partial charge is 0.356 e. The Labute approximate surface area is 148 Å². The Morgan fingerprint density at radius 3 is 2.48 bits per heavy atom. The molecular formula is C15H25FIN3S. The molecule has 6 heteroatoms. The molecule has 0 aromatic heterocycles. The SMILES string of the molecule is CN=C(NCCCSc1ccc(F)cc1)NCC(C)C.I. The average molecular weight is 425 g/mol. The summed E-state index contributed by atoms with van der Waals surface area (Å²) >= 11 is 1.74. The van der Waals surface area contributed by atoms with Crippen molar-refractivity contribution in [3.63, 3.8) is 0 Å². The Kier molecular flexibility index (Phi) is 11.8. The summed E-state index contributed by atoms with van der Waals surface area (Å²) in [4.78, 5) is 5.28. The van der Waals surface area contributed by atoms with Crippen LogP contribution in [0.1, 0.15) is 20.3 Å². The van der Waals surface area contributed by atoms with Gasteiger partial charge in [0.2, 0.25) is 0 Å². The standard InChI is InChI=1S/C15H24FN3S.HI/c1-12(2)11-19-15(17-3)18-9-4-10-20-14-7-5-13(16)6-8-14;/h5-8,12H,4,9-11H2,1-3H3,(H2,17,18,19);1H. The van der Waals surface area contributed by atoms with Gasteiger partial charge in [-0.2, -0.15) is 0 Å². The van der Waals surface area contributed by atoms with Crippen LogP contribution in [0.4, 0.5) is 4.39 Å². The van der Waals surface area contributed by atoms with E-state index in [2.05, 4.69) is 29.5 Å². The van der Waals surface area contributed by atoms with E-state index in [4.69, 9.17) is 0 Å². The minimum absolute atomic E-state index is 0. The molecule has 0 unspecified atom stereocenters. The van der Waals surface area contributed by atoms with Crippen LogP contribution < -0.4 is 10.6 Å². The molecule has 0 amide bonds. The number of halogens is 2. The molecule has 1 aromatic carbocycles. The van der Waals surface area contributed by atoms with E-state index in [-0.39, 0.29) is 29.8 Å². The quantitative estimate of drug-likeness (QED) is 0.230. The molecular weight excluding hydrogens is 400 g/mol. The zero-order chi connectivity index (χ0) is 14.8. The summed E-state index contributed by atoms with van der Waals surface area (Å²) in [6.45, 7) is 6.13. The van der Waals surface area contributed by atoms with Crippen molar-refractivity contribution in [3.05, 3.63) is 30.1 Å². The summed E-state index contributed by atoms with van der Waals surface area (Å²) in [5.74, 6) is 2.27. The lowest BCUT2D eigenvalue weighted by molar-refractivity contribution is 0.614. The second-order valence-corrected chi connectivity index (χ2v) is 6.10. The second kappa shape index (κ2) is 12.1. The lowest BCUT2D eigenvalue weighted by Gasteiger charge is -2.13. The topological polar surface area (TPSA) is 36.4 Å². The van der Waals surface area contributed by atoms with Crippen molar-refractivity contribution in [2.45, 2.75) is 25.2 Å². The molecule has 1 aromatic rings. The van der Waals surface area contributed by atoms with Gasteiger partial charge in [0, 0.05) is 25.0 Å². The van der Waals surface area contributed by atoms with E-state index in [9.17, 15) is 4.39 Å². The van der Waals surface area contributed by atoms with Crippen LogP contribution >= 0.6 is 35.7 Å². The summed E-state index contributed by atoms with van der Waals surface area (Å²) in [5.41, 5.74) is 0. The maximum atomic E-state index is 12.7. The maximum absolute atomic E-state index is 12.7. The van der Waals surface area contributed by atoms with Gasteiger partial charge in [-0.1, -0.05) is 13.8 Å². The number of rotatable bonds is 7. The molecule has 2 N–H and O–H groups in total. The van der Waals surface area contributed by atoms with E-state index in [1.54, 1.807) is 18.8 Å². The summed E-state index contributed by atoms with van der Waals surface area (Å²) in [6.07, 6.45) is 1.03. The van der Waals surface area contributed by atoms with Gasteiger partial charge in [-0.25, -0.2) is 4.39 Å². The summed E-state index contributed by atoms with van der Waals surface area (Å²) in [7, 11) is 1.78. The zero-order valence-corrected chi connectivity index (χ0v) is 16.0. The van der Waals surface area contributed by atoms with Gasteiger partial charge in [-0.05, 0) is 42.4 Å². The van der Waals surface area contributed by atoms with Gasteiger partial charge in [0.25, 0.3) is 0 Å². The van der Waals surface area contributed by atoms with Gasteiger partial charge in [0.15, 0.2) is 5.96 Å². The number of benzene rings is 1. The molecule has 0 atom stereocenters. The van der Waals surface area contributed by atoms with Crippen LogP contribution in [0, 0.1) is 11.7 Å². The highest BCUT2D eigenvalue weighted by atomic mass is 127. The fourth-order valence-electron chi connectivity index (χ4n) is 1.52. The third-order valence-corrected chi connectivity index (χ3v) is 3.70. The van der Waals surface area contributed by atoms with E-state index in [1.807, 2.05) is 12.1 Å². The molecule has 0 saturated heterocycles. The molecule has 1 rings (SSSR count).